The lowest BCUT2D eigenvalue weighted by molar-refractivity contribution is -0.0140. The van der Waals surface area contributed by atoms with Crippen LogP contribution in [0.1, 0.15) is 19.7 Å². The molecule has 0 spiro atoms. The fourth-order valence-electron chi connectivity index (χ4n) is 2.26. The number of aryl methyl sites for hydroxylation is 2. The highest BCUT2D eigenvalue weighted by Crippen LogP contribution is 2.22. The third-order valence-electron chi connectivity index (χ3n) is 3.49. The molecule has 0 bridgehead atoms. The van der Waals surface area contributed by atoms with Crippen LogP contribution in [0.4, 0.5) is 0 Å². The van der Waals surface area contributed by atoms with E-state index in [2.05, 4.69) is 20.9 Å². The molecule has 20 heavy (non-hydrogen) atoms. The van der Waals surface area contributed by atoms with Crippen molar-refractivity contribution in [2.24, 2.45) is 0 Å². The Morgan fingerprint density at radius 3 is 2.80 bits per heavy atom. The Kier molecular flexibility index (Phi) is 4.88. The summed E-state index contributed by atoms with van der Waals surface area (Å²) in [5.41, 5.74) is 0. The normalized spacial score (nSPS) is 25.0. The van der Waals surface area contributed by atoms with Gasteiger partial charge in [0.15, 0.2) is 5.03 Å². The number of morpholine rings is 1. The van der Waals surface area contributed by atoms with Gasteiger partial charge in [0, 0.05) is 30.7 Å². The quantitative estimate of drug-likeness (QED) is 0.756. The van der Waals surface area contributed by atoms with Gasteiger partial charge >= 0.3 is 0 Å². The smallest absolute Gasteiger partial charge is 0.262 e. The van der Waals surface area contributed by atoms with Crippen molar-refractivity contribution in [1.82, 2.24) is 13.9 Å². The van der Waals surface area contributed by atoms with Gasteiger partial charge in [-0.2, -0.15) is 4.31 Å². The van der Waals surface area contributed by atoms with E-state index in [0.29, 0.717) is 30.9 Å². The number of sulfonamides is 1. The average molecular weight is 366 g/mol. The minimum atomic E-state index is -3.57. The fraction of sp³-hybridized carbons (Fsp3) is 0.750. The maximum Gasteiger partial charge on any atom is 0.262 e. The maximum atomic E-state index is 12.7. The molecule has 0 N–H and O–H groups in total. The molecule has 114 valence electrons. The number of halogens is 1. The summed E-state index contributed by atoms with van der Waals surface area (Å²) in [7, 11) is -3.57. The van der Waals surface area contributed by atoms with Gasteiger partial charge in [-0.1, -0.05) is 15.9 Å². The van der Waals surface area contributed by atoms with Gasteiger partial charge in [0.05, 0.1) is 12.7 Å². The zero-order chi connectivity index (χ0) is 14.9. The summed E-state index contributed by atoms with van der Waals surface area (Å²) in [6, 6.07) is -0.178. The summed E-state index contributed by atoms with van der Waals surface area (Å²) in [4.78, 5) is 4.19. The van der Waals surface area contributed by atoms with E-state index in [0.717, 1.165) is 0 Å². The van der Waals surface area contributed by atoms with Crippen LogP contribution in [-0.2, 0) is 21.3 Å². The van der Waals surface area contributed by atoms with Crippen LogP contribution < -0.4 is 0 Å². The van der Waals surface area contributed by atoms with Gasteiger partial charge in [-0.15, -0.1) is 0 Å². The highest BCUT2D eigenvalue weighted by molar-refractivity contribution is 9.09. The summed E-state index contributed by atoms with van der Waals surface area (Å²) in [6.45, 7) is 7.09. The second-order valence-corrected chi connectivity index (χ2v) is 7.43. The Labute approximate surface area is 128 Å². The van der Waals surface area contributed by atoms with Crippen LogP contribution in [-0.4, -0.2) is 52.9 Å². The van der Waals surface area contributed by atoms with Crippen LogP contribution in [0.5, 0.6) is 0 Å². The largest absolute Gasteiger partial charge is 0.374 e. The number of alkyl halides is 1. The minimum Gasteiger partial charge on any atom is -0.374 e. The van der Waals surface area contributed by atoms with Crippen molar-refractivity contribution in [3.8, 4) is 0 Å². The van der Waals surface area contributed by atoms with Crippen LogP contribution in [0, 0.1) is 6.92 Å². The summed E-state index contributed by atoms with van der Waals surface area (Å²) >= 11 is 3.34. The Morgan fingerprint density at radius 1 is 1.55 bits per heavy atom. The number of ether oxygens (including phenoxy) is 1. The van der Waals surface area contributed by atoms with Crippen molar-refractivity contribution in [1.29, 1.82) is 0 Å². The molecule has 2 unspecified atom stereocenters. The molecule has 1 saturated heterocycles. The SMILES string of the molecule is CCn1cc(S(=O)(=O)N2CC(CBr)OCC2C)nc1C. The first kappa shape index (κ1) is 15.9. The maximum absolute atomic E-state index is 12.7. The Hall–Kier alpha value is -0.440. The summed E-state index contributed by atoms with van der Waals surface area (Å²) in [5.74, 6) is 0.712. The van der Waals surface area contributed by atoms with Crippen molar-refractivity contribution in [3.63, 3.8) is 0 Å². The van der Waals surface area contributed by atoms with E-state index >= 15 is 0 Å². The van der Waals surface area contributed by atoms with Crippen LogP contribution in [0.25, 0.3) is 0 Å². The lowest BCUT2D eigenvalue weighted by atomic mass is 10.2. The van der Waals surface area contributed by atoms with Crippen molar-refractivity contribution in [3.05, 3.63) is 12.0 Å². The van der Waals surface area contributed by atoms with Crippen LogP contribution in [0.3, 0.4) is 0 Å². The van der Waals surface area contributed by atoms with E-state index in [1.165, 1.54) is 4.31 Å². The first-order valence-electron chi connectivity index (χ1n) is 6.63. The molecule has 0 saturated carbocycles. The molecule has 2 rings (SSSR count). The first-order valence-corrected chi connectivity index (χ1v) is 9.19. The third kappa shape index (κ3) is 2.93. The first-order chi connectivity index (χ1) is 9.40. The number of aromatic nitrogens is 2. The fourth-order valence-corrected chi connectivity index (χ4v) is 4.30. The van der Waals surface area contributed by atoms with Crippen molar-refractivity contribution in [2.45, 2.75) is 44.5 Å². The highest BCUT2D eigenvalue weighted by atomic mass is 79.9. The molecule has 6 nitrogen and oxygen atoms in total. The molecular formula is C12H20BrN3O3S. The lowest BCUT2D eigenvalue weighted by Crippen LogP contribution is -2.51. The number of hydrogen-bond donors (Lipinski definition) is 0. The molecule has 0 aliphatic carbocycles. The summed E-state index contributed by atoms with van der Waals surface area (Å²) in [5, 5.41) is 0.743. The summed E-state index contributed by atoms with van der Waals surface area (Å²) < 4.78 is 34.3. The second kappa shape index (κ2) is 6.13. The van der Waals surface area contributed by atoms with Gasteiger partial charge < -0.3 is 9.30 Å². The zero-order valence-corrected chi connectivity index (χ0v) is 14.3. The van der Waals surface area contributed by atoms with Crippen molar-refractivity contribution >= 4 is 26.0 Å². The molecular weight excluding hydrogens is 346 g/mol. The predicted molar refractivity (Wildman–Crippen MR) is 79.5 cm³/mol. The second-order valence-electron chi connectivity index (χ2n) is 4.95. The van der Waals surface area contributed by atoms with Crippen molar-refractivity contribution in [2.75, 3.05) is 18.5 Å². The van der Waals surface area contributed by atoms with Crippen molar-refractivity contribution < 1.29 is 13.2 Å². The number of rotatable bonds is 4. The average Bonchev–Trinajstić information content (AvgIpc) is 2.81. The molecule has 8 heteroatoms. The van der Waals surface area contributed by atoms with Gasteiger partial charge in [0.1, 0.15) is 5.82 Å². The molecule has 1 aliphatic rings. The van der Waals surface area contributed by atoms with Crippen LogP contribution >= 0.6 is 15.9 Å². The van der Waals surface area contributed by atoms with E-state index in [9.17, 15) is 8.42 Å². The predicted octanol–water partition coefficient (Wildman–Crippen LogP) is 1.38. The molecule has 1 aromatic rings. The Morgan fingerprint density at radius 2 is 2.25 bits per heavy atom. The van der Waals surface area contributed by atoms with Gasteiger partial charge in [-0.25, -0.2) is 13.4 Å². The van der Waals surface area contributed by atoms with Gasteiger partial charge in [0.2, 0.25) is 0 Å². The monoisotopic (exact) mass is 365 g/mol. The standard InChI is InChI=1S/C12H20BrN3O3S/c1-4-15-7-12(14-10(15)3)20(17,18)16-6-11(5-13)19-8-9(16)2/h7,9,11H,4-6,8H2,1-3H3. The molecule has 0 aromatic carbocycles. The van der Waals surface area contributed by atoms with Crippen LogP contribution in [0.2, 0.25) is 0 Å². The Balaban J connectivity index is 2.32. The van der Waals surface area contributed by atoms with Crippen LogP contribution in [0.15, 0.2) is 11.2 Å². The number of nitrogens with zero attached hydrogens (tertiary/aromatic N) is 3. The lowest BCUT2D eigenvalue weighted by Gasteiger charge is -2.35. The molecule has 2 heterocycles. The van der Waals surface area contributed by atoms with E-state index < -0.39 is 10.0 Å². The molecule has 2 atom stereocenters. The molecule has 1 aromatic heterocycles. The molecule has 1 aliphatic heterocycles. The number of hydrogen-bond acceptors (Lipinski definition) is 4. The molecule has 0 amide bonds. The van der Waals surface area contributed by atoms with E-state index in [1.54, 1.807) is 6.20 Å². The van der Waals surface area contributed by atoms with E-state index in [4.69, 9.17) is 4.74 Å². The Bertz CT molecular complexity index is 573. The highest BCUT2D eigenvalue weighted by Gasteiger charge is 2.36. The van der Waals surface area contributed by atoms with Gasteiger partial charge in [0.25, 0.3) is 10.0 Å². The van der Waals surface area contributed by atoms with E-state index in [1.807, 2.05) is 25.3 Å². The number of imidazole rings is 1. The van der Waals surface area contributed by atoms with Gasteiger partial charge in [-0.05, 0) is 20.8 Å². The molecule has 1 fully saturated rings. The summed E-state index contributed by atoms with van der Waals surface area (Å²) in [6.07, 6.45) is 1.49. The van der Waals surface area contributed by atoms with E-state index in [-0.39, 0.29) is 17.2 Å². The topological polar surface area (TPSA) is 64.4 Å². The van der Waals surface area contributed by atoms with Gasteiger partial charge in [-0.3, -0.25) is 0 Å². The third-order valence-corrected chi connectivity index (χ3v) is 6.06. The molecule has 0 radical (unpaired) electrons. The minimum absolute atomic E-state index is 0.115. The zero-order valence-electron chi connectivity index (χ0n) is 11.9.